The molecule has 0 spiro atoms. The van der Waals surface area contributed by atoms with E-state index in [0.29, 0.717) is 0 Å². The summed E-state index contributed by atoms with van der Waals surface area (Å²) in [7, 11) is 0. The molecule has 1 fully saturated rings. The molecule has 0 saturated carbocycles. The molecule has 0 aromatic heterocycles. The molecule has 1 heterocycles. The van der Waals surface area contributed by atoms with Gasteiger partial charge in [0.05, 0.1) is 6.54 Å². The molecule has 1 saturated heterocycles. The van der Waals surface area contributed by atoms with Crippen LogP contribution in [0.2, 0.25) is 0 Å². The summed E-state index contributed by atoms with van der Waals surface area (Å²) in [4.78, 5) is 6.61. The van der Waals surface area contributed by atoms with Crippen LogP contribution in [-0.2, 0) is 0 Å². The number of halogens is 1. The fraction of sp³-hybridized carbons (Fsp3) is 0.900. The lowest BCUT2D eigenvalue weighted by Gasteiger charge is -2.20. The number of nitrogens with two attached hydrogens (primary N) is 1. The highest BCUT2D eigenvalue weighted by atomic mass is 127. The first kappa shape index (κ1) is 15.3. The van der Waals surface area contributed by atoms with Crippen LogP contribution >= 0.6 is 35.7 Å². The molecule has 0 radical (unpaired) electrons. The van der Waals surface area contributed by atoms with Gasteiger partial charge in [-0.1, -0.05) is 12.8 Å². The fourth-order valence-electron chi connectivity index (χ4n) is 1.65. The zero-order chi connectivity index (χ0) is 10.2. The number of nitrogens with zero attached hydrogens (tertiary/aromatic N) is 2. The second-order valence-electron chi connectivity index (χ2n) is 3.63. The molecule has 2 N–H and O–H groups in total. The van der Waals surface area contributed by atoms with Crippen molar-refractivity contribution < 1.29 is 0 Å². The fourth-order valence-corrected chi connectivity index (χ4v) is 1.93. The average Bonchev–Trinajstić information content (AvgIpc) is 2.46. The number of guanidine groups is 1. The number of rotatable bonds is 3. The van der Waals surface area contributed by atoms with Crippen LogP contribution < -0.4 is 5.73 Å². The Morgan fingerprint density at radius 3 is 2.40 bits per heavy atom. The van der Waals surface area contributed by atoms with E-state index in [1.807, 2.05) is 11.8 Å². The monoisotopic (exact) mass is 343 g/mol. The van der Waals surface area contributed by atoms with Crippen LogP contribution in [0.5, 0.6) is 0 Å². The van der Waals surface area contributed by atoms with Gasteiger partial charge in [-0.3, -0.25) is 4.99 Å². The van der Waals surface area contributed by atoms with Crippen LogP contribution in [0.25, 0.3) is 0 Å². The summed E-state index contributed by atoms with van der Waals surface area (Å²) in [6.45, 7) is 3.03. The smallest absolute Gasteiger partial charge is 0.191 e. The molecule has 0 bridgehead atoms. The number of hydrogen-bond acceptors (Lipinski definition) is 2. The number of likely N-dealkylation sites (tertiary alicyclic amines) is 1. The molecule has 0 atom stereocenters. The van der Waals surface area contributed by atoms with Crippen LogP contribution in [0.4, 0.5) is 0 Å². The van der Waals surface area contributed by atoms with Gasteiger partial charge in [-0.2, -0.15) is 11.8 Å². The molecule has 5 heteroatoms. The van der Waals surface area contributed by atoms with E-state index in [1.54, 1.807) is 0 Å². The maximum Gasteiger partial charge on any atom is 0.191 e. The lowest BCUT2D eigenvalue weighted by Crippen LogP contribution is -2.38. The first-order valence-corrected chi connectivity index (χ1v) is 6.78. The minimum Gasteiger partial charge on any atom is -0.370 e. The predicted octanol–water partition coefficient (Wildman–Crippen LogP) is 2.16. The molecule has 0 amide bonds. The van der Waals surface area contributed by atoms with E-state index in [4.69, 9.17) is 5.73 Å². The van der Waals surface area contributed by atoms with Crippen molar-refractivity contribution in [1.82, 2.24) is 4.90 Å². The summed E-state index contributed by atoms with van der Waals surface area (Å²) in [6, 6.07) is 0. The Morgan fingerprint density at radius 2 is 1.87 bits per heavy atom. The third-order valence-electron chi connectivity index (χ3n) is 2.50. The SMILES string of the molecule is CSCCN=C(N)N1CCCCCC1.I. The molecule has 0 unspecified atom stereocenters. The Bertz CT molecular complexity index is 180. The zero-order valence-corrected chi connectivity index (χ0v) is 12.6. The summed E-state index contributed by atoms with van der Waals surface area (Å²) in [5.74, 6) is 1.81. The van der Waals surface area contributed by atoms with E-state index in [2.05, 4.69) is 16.1 Å². The van der Waals surface area contributed by atoms with Crippen molar-refractivity contribution in [1.29, 1.82) is 0 Å². The van der Waals surface area contributed by atoms with Crippen molar-refractivity contribution in [2.45, 2.75) is 25.7 Å². The zero-order valence-electron chi connectivity index (χ0n) is 9.45. The Hall–Kier alpha value is 0.350. The van der Waals surface area contributed by atoms with Gasteiger partial charge in [0.25, 0.3) is 0 Å². The van der Waals surface area contributed by atoms with Crippen molar-refractivity contribution in [2.24, 2.45) is 10.7 Å². The maximum absolute atomic E-state index is 5.93. The Balaban J connectivity index is 0.00000196. The van der Waals surface area contributed by atoms with Crippen molar-refractivity contribution in [3.05, 3.63) is 0 Å². The standard InChI is InChI=1S/C10H21N3S.HI/c1-14-9-6-12-10(11)13-7-4-2-3-5-8-13;/h2-9H2,1H3,(H2,11,12);1H. The van der Waals surface area contributed by atoms with Crippen molar-refractivity contribution in [3.8, 4) is 0 Å². The van der Waals surface area contributed by atoms with Gasteiger partial charge in [-0.15, -0.1) is 24.0 Å². The van der Waals surface area contributed by atoms with E-state index >= 15 is 0 Å². The first-order valence-electron chi connectivity index (χ1n) is 5.38. The third kappa shape index (κ3) is 6.50. The van der Waals surface area contributed by atoms with E-state index in [0.717, 1.165) is 31.3 Å². The number of aliphatic imine (C=N–C) groups is 1. The Kier molecular flexibility index (Phi) is 9.79. The molecular weight excluding hydrogens is 321 g/mol. The number of thioether (sulfide) groups is 1. The number of hydrogen-bond donors (Lipinski definition) is 1. The van der Waals surface area contributed by atoms with E-state index in [1.165, 1.54) is 25.7 Å². The molecule has 3 nitrogen and oxygen atoms in total. The second kappa shape index (κ2) is 9.57. The largest absolute Gasteiger partial charge is 0.370 e. The normalized spacial score (nSPS) is 18.2. The predicted molar refractivity (Wildman–Crippen MR) is 80.3 cm³/mol. The van der Waals surface area contributed by atoms with Gasteiger partial charge >= 0.3 is 0 Å². The average molecular weight is 343 g/mol. The molecule has 90 valence electrons. The molecule has 1 aliphatic heterocycles. The second-order valence-corrected chi connectivity index (χ2v) is 4.62. The Labute approximate surface area is 114 Å². The molecule has 1 rings (SSSR count). The van der Waals surface area contributed by atoms with Gasteiger partial charge < -0.3 is 10.6 Å². The van der Waals surface area contributed by atoms with Gasteiger partial charge in [-0.05, 0) is 19.1 Å². The highest BCUT2D eigenvalue weighted by Crippen LogP contribution is 2.09. The van der Waals surface area contributed by atoms with Crippen molar-refractivity contribution in [3.63, 3.8) is 0 Å². The van der Waals surface area contributed by atoms with Crippen molar-refractivity contribution in [2.75, 3.05) is 31.6 Å². The maximum atomic E-state index is 5.93. The van der Waals surface area contributed by atoms with Gasteiger partial charge in [-0.25, -0.2) is 0 Å². The van der Waals surface area contributed by atoms with Crippen molar-refractivity contribution >= 4 is 41.7 Å². The molecule has 1 aliphatic rings. The summed E-state index contributed by atoms with van der Waals surface area (Å²) in [6.07, 6.45) is 7.30. The summed E-state index contributed by atoms with van der Waals surface area (Å²) in [5.41, 5.74) is 5.93. The molecule has 0 aromatic rings. The van der Waals surface area contributed by atoms with Crippen LogP contribution in [0.3, 0.4) is 0 Å². The minimum absolute atomic E-state index is 0. The van der Waals surface area contributed by atoms with Crippen LogP contribution in [0.1, 0.15) is 25.7 Å². The Morgan fingerprint density at radius 1 is 1.27 bits per heavy atom. The van der Waals surface area contributed by atoms with Gasteiger partial charge in [0.15, 0.2) is 5.96 Å². The lowest BCUT2D eigenvalue weighted by molar-refractivity contribution is 0.429. The van der Waals surface area contributed by atoms with E-state index < -0.39 is 0 Å². The lowest BCUT2D eigenvalue weighted by atomic mass is 10.2. The summed E-state index contributed by atoms with van der Waals surface area (Å²) >= 11 is 1.81. The van der Waals surface area contributed by atoms with Gasteiger partial charge in [0.2, 0.25) is 0 Å². The van der Waals surface area contributed by atoms with Crippen LogP contribution in [-0.4, -0.2) is 42.5 Å². The quantitative estimate of drug-likeness (QED) is 0.370. The molecule has 0 aliphatic carbocycles. The first-order chi connectivity index (χ1) is 6.84. The minimum atomic E-state index is 0. The highest BCUT2D eigenvalue weighted by molar-refractivity contribution is 14.0. The molecule has 15 heavy (non-hydrogen) atoms. The van der Waals surface area contributed by atoms with E-state index in [-0.39, 0.29) is 24.0 Å². The third-order valence-corrected chi connectivity index (χ3v) is 3.09. The van der Waals surface area contributed by atoms with Gasteiger partial charge in [0, 0.05) is 18.8 Å². The summed E-state index contributed by atoms with van der Waals surface area (Å²) < 4.78 is 0. The topological polar surface area (TPSA) is 41.6 Å². The van der Waals surface area contributed by atoms with Gasteiger partial charge in [0.1, 0.15) is 0 Å². The van der Waals surface area contributed by atoms with Crippen LogP contribution in [0.15, 0.2) is 4.99 Å². The van der Waals surface area contributed by atoms with E-state index in [9.17, 15) is 0 Å². The molecule has 0 aromatic carbocycles. The van der Waals surface area contributed by atoms with Crippen LogP contribution in [0, 0.1) is 0 Å². The molecular formula is C10H22IN3S. The summed E-state index contributed by atoms with van der Waals surface area (Å²) in [5, 5.41) is 0. The highest BCUT2D eigenvalue weighted by Gasteiger charge is 2.09.